The number of nitrogens with zero attached hydrogens (tertiary/aromatic N) is 5. The van der Waals surface area contributed by atoms with Gasteiger partial charge < -0.3 is 9.67 Å². The Balaban J connectivity index is 2.46. The van der Waals surface area contributed by atoms with E-state index in [1.807, 2.05) is 0 Å². The molecule has 0 aromatic carbocycles. The van der Waals surface area contributed by atoms with E-state index < -0.39 is 10.9 Å². The summed E-state index contributed by atoms with van der Waals surface area (Å²) < 4.78 is 1.55. The Hall–Kier alpha value is -2.49. The SMILES string of the molecule is Cn1cnnc1Sc1nc(C(=O)O)ccc1[N+](=O)[O-]. The summed E-state index contributed by atoms with van der Waals surface area (Å²) >= 11 is 0.881. The third kappa shape index (κ3) is 2.68. The summed E-state index contributed by atoms with van der Waals surface area (Å²) in [4.78, 5) is 24.8. The number of aromatic carboxylic acids is 1. The Morgan fingerprint density at radius 3 is 2.79 bits per heavy atom. The molecule has 19 heavy (non-hydrogen) atoms. The van der Waals surface area contributed by atoms with Crippen LogP contribution in [0.3, 0.4) is 0 Å². The van der Waals surface area contributed by atoms with Gasteiger partial charge in [0.05, 0.1) is 4.92 Å². The minimum Gasteiger partial charge on any atom is -0.477 e. The monoisotopic (exact) mass is 281 g/mol. The number of hydrogen-bond acceptors (Lipinski definition) is 7. The molecule has 0 saturated carbocycles. The molecule has 0 aliphatic carbocycles. The molecule has 2 rings (SSSR count). The van der Waals surface area contributed by atoms with E-state index >= 15 is 0 Å². The zero-order valence-corrected chi connectivity index (χ0v) is 10.4. The molecule has 2 aromatic heterocycles. The average Bonchev–Trinajstić information content (AvgIpc) is 2.74. The van der Waals surface area contributed by atoms with E-state index in [1.54, 1.807) is 11.6 Å². The number of carboxylic acids is 1. The maximum absolute atomic E-state index is 10.9. The van der Waals surface area contributed by atoms with Crippen molar-refractivity contribution in [2.75, 3.05) is 0 Å². The lowest BCUT2D eigenvalue weighted by Gasteiger charge is -2.02. The molecule has 0 unspecified atom stereocenters. The number of pyridine rings is 1. The second-order valence-corrected chi connectivity index (χ2v) is 4.37. The fraction of sp³-hybridized carbons (Fsp3) is 0.111. The predicted octanol–water partition coefficient (Wildman–Crippen LogP) is 0.968. The summed E-state index contributed by atoms with van der Waals surface area (Å²) in [5.74, 6) is -1.25. The van der Waals surface area contributed by atoms with Gasteiger partial charge in [-0.25, -0.2) is 9.78 Å². The van der Waals surface area contributed by atoms with Gasteiger partial charge >= 0.3 is 11.7 Å². The van der Waals surface area contributed by atoms with Crippen LogP contribution in [0.2, 0.25) is 0 Å². The van der Waals surface area contributed by atoms with Gasteiger partial charge in [0.25, 0.3) is 0 Å². The van der Waals surface area contributed by atoms with Gasteiger partial charge in [-0.3, -0.25) is 10.1 Å². The predicted molar refractivity (Wildman–Crippen MR) is 63.0 cm³/mol. The fourth-order valence-electron chi connectivity index (χ4n) is 1.22. The van der Waals surface area contributed by atoms with Crippen molar-refractivity contribution in [3.8, 4) is 0 Å². The Bertz CT molecular complexity index is 656. The Kier molecular flexibility index (Phi) is 3.42. The molecular formula is C9H7N5O4S. The van der Waals surface area contributed by atoms with E-state index in [1.165, 1.54) is 6.33 Å². The Morgan fingerprint density at radius 1 is 1.53 bits per heavy atom. The van der Waals surface area contributed by atoms with Crippen molar-refractivity contribution < 1.29 is 14.8 Å². The zero-order valence-electron chi connectivity index (χ0n) is 9.55. The van der Waals surface area contributed by atoms with Crippen LogP contribution in [0.25, 0.3) is 0 Å². The average molecular weight is 281 g/mol. The number of carbonyl (C=O) groups is 1. The smallest absolute Gasteiger partial charge is 0.354 e. The lowest BCUT2D eigenvalue weighted by Crippen LogP contribution is -2.03. The summed E-state index contributed by atoms with van der Waals surface area (Å²) in [7, 11) is 1.66. The highest BCUT2D eigenvalue weighted by atomic mass is 32.2. The first-order valence-corrected chi connectivity index (χ1v) is 5.71. The molecule has 98 valence electrons. The van der Waals surface area contributed by atoms with Crippen molar-refractivity contribution >= 4 is 23.4 Å². The molecule has 2 heterocycles. The third-order valence-electron chi connectivity index (χ3n) is 2.11. The minimum absolute atomic E-state index is 0.0407. The van der Waals surface area contributed by atoms with E-state index in [4.69, 9.17) is 5.11 Å². The van der Waals surface area contributed by atoms with Crippen molar-refractivity contribution in [2.24, 2.45) is 7.05 Å². The summed E-state index contributed by atoms with van der Waals surface area (Å²) in [5.41, 5.74) is -0.548. The van der Waals surface area contributed by atoms with Gasteiger partial charge in [-0.2, -0.15) is 0 Å². The van der Waals surface area contributed by atoms with E-state index in [0.29, 0.717) is 5.16 Å². The van der Waals surface area contributed by atoms with Crippen LogP contribution in [0.1, 0.15) is 10.5 Å². The van der Waals surface area contributed by atoms with Gasteiger partial charge in [0, 0.05) is 13.1 Å². The second-order valence-electron chi connectivity index (χ2n) is 3.41. The summed E-state index contributed by atoms with van der Waals surface area (Å²) in [6.07, 6.45) is 1.43. The lowest BCUT2D eigenvalue weighted by atomic mass is 10.3. The molecule has 2 aromatic rings. The highest BCUT2D eigenvalue weighted by molar-refractivity contribution is 7.99. The molecular weight excluding hydrogens is 274 g/mol. The van der Waals surface area contributed by atoms with Crippen LogP contribution in [-0.2, 0) is 7.05 Å². The first-order valence-electron chi connectivity index (χ1n) is 4.89. The van der Waals surface area contributed by atoms with Gasteiger partial charge in [-0.1, -0.05) is 0 Å². The molecule has 10 heteroatoms. The number of aryl methyl sites for hydroxylation is 1. The van der Waals surface area contributed by atoms with Gasteiger partial charge in [0.2, 0.25) is 0 Å². The number of nitro groups is 1. The van der Waals surface area contributed by atoms with Crippen LogP contribution < -0.4 is 0 Å². The lowest BCUT2D eigenvalue weighted by molar-refractivity contribution is -0.388. The number of carboxylic acid groups (broad SMARTS) is 1. The number of rotatable bonds is 4. The van der Waals surface area contributed by atoms with E-state index in [-0.39, 0.29) is 16.4 Å². The van der Waals surface area contributed by atoms with E-state index in [9.17, 15) is 14.9 Å². The quantitative estimate of drug-likeness (QED) is 0.649. The Morgan fingerprint density at radius 2 is 2.26 bits per heavy atom. The molecule has 0 aliphatic heterocycles. The molecule has 1 N–H and O–H groups in total. The normalized spacial score (nSPS) is 10.4. The standard InChI is InChI=1S/C9H7N5O4S/c1-13-4-10-12-9(13)19-7-6(14(17)18)3-2-5(11-7)8(15)16/h2-4H,1H3,(H,15,16). The van der Waals surface area contributed by atoms with Crippen molar-refractivity contribution in [2.45, 2.75) is 10.2 Å². The molecule has 0 aliphatic rings. The fourth-order valence-corrected chi connectivity index (χ4v) is 2.06. The maximum atomic E-state index is 10.9. The number of aromatic nitrogens is 4. The molecule has 0 saturated heterocycles. The van der Waals surface area contributed by atoms with Gasteiger partial charge in [0.1, 0.15) is 12.0 Å². The maximum Gasteiger partial charge on any atom is 0.354 e. The first-order chi connectivity index (χ1) is 8.99. The minimum atomic E-state index is -1.25. The molecule has 0 bridgehead atoms. The molecule has 9 nitrogen and oxygen atoms in total. The van der Waals surface area contributed by atoms with Crippen LogP contribution in [-0.4, -0.2) is 35.7 Å². The van der Waals surface area contributed by atoms with Crippen molar-refractivity contribution in [1.29, 1.82) is 0 Å². The topological polar surface area (TPSA) is 124 Å². The van der Waals surface area contributed by atoms with Gasteiger partial charge in [0.15, 0.2) is 10.2 Å². The van der Waals surface area contributed by atoms with Crippen LogP contribution in [0, 0.1) is 10.1 Å². The van der Waals surface area contributed by atoms with Crippen LogP contribution >= 0.6 is 11.8 Å². The van der Waals surface area contributed by atoms with Crippen LogP contribution in [0.5, 0.6) is 0 Å². The molecule has 0 amide bonds. The third-order valence-corrected chi connectivity index (χ3v) is 3.16. The molecule has 0 fully saturated rings. The van der Waals surface area contributed by atoms with E-state index in [2.05, 4.69) is 15.2 Å². The summed E-state index contributed by atoms with van der Waals surface area (Å²) in [6.45, 7) is 0. The largest absolute Gasteiger partial charge is 0.477 e. The van der Waals surface area contributed by atoms with E-state index in [0.717, 1.165) is 23.9 Å². The molecule has 0 spiro atoms. The first kappa shape index (κ1) is 13.0. The van der Waals surface area contributed by atoms with Crippen molar-refractivity contribution in [1.82, 2.24) is 19.7 Å². The van der Waals surface area contributed by atoms with Gasteiger partial charge in [-0.05, 0) is 17.8 Å². The molecule has 0 radical (unpaired) electrons. The Labute approximate surface area is 110 Å². The molecule has 0 atom stereocenters. The highest BCUT2D eigenvalue weighted by Gasteiger charge is 2.21. The summed E-state index contributed by atoms with van der Waals surface area (Å²) in [5, 5.41) is 27.4. The second kappa shape index (κ2) is 5.02. The van der Waals surface area contributed by atoms with Crippen molar-refractivity contribution in [3.63, 3.8) is 0 Å². The highest BCUT2D eigenvalue weighted by Crippen LogP contribution is 2.31. The number of hydrogen-bond donors (Lipinski definition) is 1. The summed E-state index contributed by atoms with van der Waals surface area (Å²) in [6, 6.07) is 2.19. The zero-order chi connectivity index (χ0) is 14.0. The van der Waals surface area contributed by atoms with Crippen molar-refractivity contribution in [3.05, 3.63) is 34.3 Å². The van der Waals surface area contributed by atoms with Crippen LogP contribution in [0.15, 0.2) is 28.6 Å². The van der Waals surface area contributed by atoms with Crippen LogP contribution in [0.4, 0.5) is 5.69 Å². The van der Waals surface area contributed by atoms with Gasteiger partial charge in [-0.15, -0.1) is 10.2 Å².